The second-order valence-corrected chi connectivity index (χ2v) is 6.62. The number of fused-ring (bicyclic) bond motifs is 1. The van der Waals surface area contributed by atoms with E-state index in [4.69, 9.17) is 4.42 Å². The Hall–Kier alpha value is -1.32. The van der Waals surface area contributed by atoms with Gasteiger partial charge in [0, 0.05) is 29.6 Å². The fourth-order valence-electron chi connectivity index (χ4n) is 3.42. The van der Waals surface area contributed by atoms with E-state index < -0.39 is 0 Å². The summed E-state index contributed by atoms with van der Waals surface area (Å²) >= 11 is 0. The molecule has 1 N–H and O–H groups in total. The van der Waals surface area contributed by atoms with Gasteiger partial charge in [0.05, 0.1) is 6.54 Å². The first-order valence-corrected chi connectivity index (χ1v) is 8.28. The number of para-hydroxylation sites is 1. The highest BCUT2D eigenvalue weighted by molar-refractivity contribution is 5.82. The van der Waals surface area contributed by atoms with Crippen LogP contribution in [0.4, 0.5) is 0 Å². The van der Waals surface area contributed by atoms with Crippen molar-refractivity contribution in [3.05, 3.63) is 35.6 Å². The first-order chi connectivity index (χ1) is 10.3. The topological polar surface area (TPSA) is 28.4 Å². The molecule has 2 heterocycles. The summed E-state index contributed by atoms with van der Waals surface area (Å²) in [4.78, 5) is 2.55. The molecule has 1 atom stereocenters. The van der Waals surface area contributed by atoms with Gasteiger partial charge in [0.15, 0.2) is 0 Å². The Labute approximate surface area is 126 Å². The normalized spacial score (nSPS) is 23.2. The third-order valence-electron chi connectivity index (χ3n) is 4.96. The number of nitrogens with one attached hydrogen (secondary N) is 1. The van der Waals surface area contributed by atoms with Crippen molar-refractivity contribution >= 4 is 11.0 Å². The molecule has 21 heavy (non-hydrogen) atoms. The minimum absolute atomic E-state index is 0.683. The fourth-order valence-corrected chi connectivity index (χ4v) is 3.42. The van der Waals surface area contributed by atoms with Crippen LogP contribution in [0.3, 0.4) is 0 Å². The number of rotatable bonds is 5. The molecular weight excluding hydrogens is 260 g/mol. The van der Waals surface area contributed by atoms with Crippen molar-refractivity contribution in [3.8, 4) is 0 Å². The van der Waals surface area contributed by atoms with Crippen molar-refractivity contribution in [2.75, 3.05) is 6.54 Å². The van der Waals surface area contributed by atoms with E-state index in [1.54, 1.807) is 0 Å². The lowest BCUT2D eigenvalue weighted by Gasteiger charge is -2.20. The molecule has 1 saturated heterocycles. The van der Waals surface area contributed by atoms with Gasteiger partial charge in [0.25, 0.3) is 0 Å². The first-order valence-electron chi connectivity index (χ1n) is 8.28. The number of hydrogen-bond donors (Lipinski definition) is 1. The van der Waals surface area contributed by atoms with Crippen LogP contribution in [0.5, 0.6) is 0 Å². The standard InChI is InChI=1S/C18H24N2O/c1-13-5-4-10-20(13)12-18-16(11-19-14-8-9-14)15-6-2-3-7-17(15)21-18/h2-3,6-7,13-14,19H,4-5,8-12H2,1H3. The van der Waals surface area contributed by atoms with Crippen LogP contribution in [0, 0.1) is 0 Å². The first kappa shape index (κ1) is 13.4. The predicted octanol–water partition coefficient (Wildman–Crippen LogP) is 3.67. The Morgan fingerprint density at radius 3 is 2.86 bits per heavy atom. The number of hydrogen-bond acceptors (Lipinski definition) is 3. The molecule has 1 aromatic carbocycles. The second kappa shape index (κ2) is 5.47. The number of furan rings is 1. The highest BCUT2D eigenvalue weighted by Crippen LogP contribution is 2.30. The maximum Gasteiger partial charge on any atom is 0.134 e. The van der Waals surface area contributed by atoms with Crippen molar-refractivity contribution in [2.24, 2.45) is 0 Å². The van der Waals surface area contributed by atoms with Gasteiger partial charge in [0.1, 0.15) is 11.3 Å². The molecule has 1 aromatic heterocycles. The molecule has 4 rings (SSSR count). The monoisotopic (exact) mass is 284 g/mol. The summed E-state index contributed by atoms with van der Waals surface area (Å²) in [5, 5.41) is 4.93. The SMILES string of the molecule is CC1CCCN1Cc1oc2ccccc2c1CNC1CC1. The maximum absolute atomic E-state index is 6.18. The van der Waals surface area contributed by atoms with E-state index in [1.807, 2.05) is 0 Å². The Kier molecular flexibility index (Phi) is 3.48. The molecular formula is C18H24N2O. The summed E-state index contributed by atoms with van der Waals surface area (Å²) in [5.74, 6) is 1.16. The second-order valence-electron chi connectivity index (χ2n) is 6.62. The summed E-state index contributed by atoms with van der Waals surface area (Å²) in [7, 11) is 0. The van der Waals surface area contributed by atoms with E-state index in [0.717, 1.165) is 30.5 Å². The summed E-state index contributed by atoms with van der Waals surface area (Å²) in [6.07, 6.45) is 5.29. The predicted molar refractivity (Wildman–Crippen MR) is 85.2 cm³/mol. The van der Waals surface area contributed by atoms with Gasteiger partial charge < -0.3 is 9.73 Å². The Morgan fingerprint density at radius 1 is 1.24 bits per heavy atom. The highest BCUT2D eigenvalue weighted by atomic mass is 16.3. The molecule has 2 aromatic rings. The van der Waals surface area contributed by atoms with Crippen LogP contribution in [0.15, 0.2) is 28.7 Å². The lowest BCUT2D eigenvalue weighted by atomic mass is 10.1. The molecule has 0 bridgehead atoms. The molecule has 2 aliphatic rings. The van der Waals surface area contributed by atoms with Crippen LogP contribution in [0.2, 0.25) is 0 Å². The van der Waals surface area contributed by atoms with E-state index in [9.17, 15) is 0 Å². The van der Waals surface area contributed by atoms with Gasteiger partial charge in [-0.25, -0.2) is 0 Å². The zero-order chi connectivity index (χ0) is 14.2. The molecule has 112 valence electrons. The van der Waals surface area contributed by atoms with Gasteiger partial charge in [-0.05, 0) is 45.2 Å². The van der Waals surface area contributed by atoms with Gasteiger partial charge in [-0.15, -0.1) is 0 Å². The Bertz CT molecular complexity index is 629. The third-order valence-corrected chi connectivity index (χ3v) is 4.96. The minimum atomic E-state index is 0.683. The fraction of sp³-hybridized carbons (Fsp3) is 0.556. The van der Waals surface area contributed by atoms with E-state index >= 15 is 0 Å². The Balaban J connectivity index is 1.63. The lowest BCUT2D eigenvalue weighted by Crippen LogP contribution is -2.27. The summed E-state index contributed by atoms with van der Waals surface area (Å²) in [5.41, 5.74) is 2.41. The highest BCUT2D eigenvalue weighted by Gasteiger charge is 2.25. The largest absolute Gasteiger partial charge is 0.459 e. The Morgan fingerprint density at radius 2 is 2.10 bits per heavy atom. The molecule has 3 heteroatoms. The average molecular weight is 284 g/mol. The van der Waals surface area contributed by atoms with Crippen molar-refractivity contribution < 1.29 is 4.42 Å². The lowest BCUT2D eigenvalue weighted by molar-refractivity contribution is 0.239. The molecule has 1 unspecified atom stereocenters. The molecule has 0 radical (unpaired) electrons. The van der Waals surface area contributed by atoms with E-state index in [1.165, 1.54) is 43.2 Å². The van der Waals surface area contributed by atoms with Crippen LogP contribution < -0.4 is 5.32 Å². The zero-order valence-electron chi connectivity index (χ0n) is 12.8. The van der Waals surface area contributed by atoms with Crippen LogP contribution in [0.25, 0.3) is 11.0 Å². The number of benzene rings is 1. The maximum atomic E-state index is 6.18. The van der Waals surface area contributed by atoms with Gasteiger partial charge in [-0.1, -0.05) is 18.2 Å². The molecule has 0 spiro atoms. The summed E-state index contributed by atoms with van der Waals surface area (Å²) in [6, 6.07) is 9.87. The van der Waals surface area contributed by atoms with E-state index in [2.05, 4.69) is 41.4 Å². The van der Waals surface area contributed by atoms with Gasteiger partial charge >= 0.3 is 0 Å². The quantitative estimate of drug-likeness (QED) is 0.908. The van der Waals surface area contributed by atoms with Crippen LogP contribution in [-0.2, 0) is 13.1 Å². The van der Waals surface area contributed by atoms with E-state index in [-0.39, 0.29) is 0 Å². The average Bonchev–Trinajstić information content (AvgIpc) is 3.14. The molecule has 1 aliphatic carbocycles. The van der Waals surface area contributed by atoms with Crippen molar-refractivity contribution in [2.45, 2.75) is 57.8 Å². The third kappa shape index (κ3) is 2.72. The van der Waals surface area contributed by atoms with Gasteiger partial charge in [-0.3, -0.25) is 4.90 Å². The number of likely N-dealkylation sites (tertiary alicyclic amines) is 1. The van der Waals surface area contributed by atoms with Crippen LogP contribution in [0.1, 0.15) is 43.9 Å². The zero-order valence-corrected chi connectivity index (χ0v) is 12.8. The molecule has 1 aliphatic heterocycles. The van der Waals surface area contributed by atoms with Crippen molar-refractivity contribution in [1.29, 1.82) is 0 Å². The number of nitrogens with zero attached hydrogens (tertiary/aromatic N) is 1. The molecule has 3 nitrogen and oxygen atoms in total. The van der Waals surface area contributed by atoms with E-state index in [0.29, 0.717) is 6.04 Å². The summed E-state index contributed by atoms with van der Waals surface area (Å²) in [6.45, 7) is 5.43. The van der Waals surface area contributed by atoms with Crippen molar-refractivity contribution in [1.82, 2.24) is 10.2 Å². The minimum Gasteiger partial charge on any atom is -0.459 e. The van der Waals surface area contributed by atoms with Crippen LogP contribution >= 0.6 is 0 Å². The van der Waals surface area contributed by atoms with Crippen molar-refractivity contribution in [3.63, 3.8) is 0 Å². The van der Waals surface area contributed by atoms with Crippen LogP contribution in [-0.4, -0.2) is 23.5 Å². The summed E-state index contributed by atoms with van der Waals surface area (Å²) < 4.78 is 6.18. The van der Waals surface area contributed by atoms with Gasteiger partial charge in [-0.2, -0.15) is 0 Å². The van der Waals surface area contributed by atoms with Gasteiger partial charge in [0.2, 0.25) is 0 Å². The smallest absolute Gasteiger partial charge is 0.134 e. The molecule has 0 amide bonds. The molecule has 2 fully saturated rings. The molecule has 1 saturated carbocycles.